The number of piperazine rings is 1. The predicted octanol–water partition coefficient (Wildman–Crippen LogP) is 2.97. The van der Waals surface area contributed by atoms with Gasteiger partial charge in [0.25, 0.3) is 0 Å². The molecule has 8 nitrogen and oxygen atoms in total. The van der Waals surface area contributed by atoms with E-state index < -0.39 is 29.0 Å². The number of aromatic nitrogens is 2. The molecule has 2 aromatic carbocycles. The summed E-state index contributed by atoms with van der Waals surface area (Å²) >= 11 is 0. The summed E-state index contributed by atoms with van der Waals surface area (Å²) in [4.78, 5) is 30.1. The summed E-state index contributed by atoms with van der Waals surface area (Å²) in [5.74, 6) is -4.33. The highest BCUT2D eigenvalue weighted by atomic mass is 19.2. The predicted molar refractivity (Wildman–Crippen MR) is 128 cm³/mol. The minimum atomic E-state index is -1.59. The molecule has 1 aliphatic rings. The number of anilines is 1. The molecule has 3 aromatic rings. The summed E-state index contributed by atoms with van der Waals surface area (Å²) in [5, 5.41) is 14.0. The Balaban J connectivity index is 1.53. The van der Waals surface area contributed by atoms with Crippen LogP contribution in [0.5, 0.6) is 0 Å². The molecule has 1 aliphatic heterocycles. The van der Waals surface area contributed by atoms with Crippen LogP contribution in [0.1, 0.15) is 11.3 Å². The fourth-order valence-electron chi connectivity index (χ4n) is 4.06. The molecule has 0 radical (unpaired) electrons. The number of likely N-dealkylation sites (N-methyl/N-ethyl adjacent to an activating group) is 1. The summed E-state index contributed by atoms with van der Waals surface area (Å²) in [6, 6.07) is 9.56. The molecule has 11 heteroatoms. The minimum absolute atomic E-state index is 0.0611. The first-order valence-corrected chi connectivity index (χ1v) is 11.5. The molecular formula is C25H26F3N5O3. The smallest absolute Gasteiger partial charge is 0.411 e. The number of halogens is 3. The maximum absolute atomic E-state index is 13.7. The number of benzene rings is 2. The summed E-state index contributed by atoms with van der Waals surface area (Å²) in [5.41, 5.74) is 0.705. The van der Waals surface area contributed by atoms with E-state index in [1.54, 1.807) is 24.3 Å². The van der Waals surface area contributed by atoms with Gasteiger partial charge in [0.1, 0.15) is 5.69 Å². The fourth-order valence-corrected chi connectivity index (χ4v) is 4.06. The molecular weight excluding hydrogens is 475 g/mol. The second-order valence-electron chi connectivity index (χ2n) is 8.72. The normalized spacial score (nSPS) is 14.7. The molecule has 1 saturated heterocycles. The lowest BCUT2D eigenvalue weighted by Gasteiger charge is -2.33. The number of nitrogens with zero attached hydrogens (tertiary/aromatic N) is 5. The Morgan fingerprint density at radius 2 is 1.75 bits per heavy atom. The van der Waals surface area contributed by atoms with Gasteiger partial charge in [-0.1, -0.05) is 12.1 Å². The quantitative estimate of drug-likeness (QED) is 0.502. The highest BCUT2D eigenvalue weighted by molar-refractivity contribution is 5.86. The SMILES string of the molecule is CN1CCN(CCN(C(=O)O)c2cccc(Cc3nn(-c4cc(F)c(F)c(F)c4)ccc3=O)c2)CC1. The average Bonchev–Trinajstić information content (AvgIpc) is 2.85. The van der Waals surface area contributed by atoms with Gasteiger partial charge in [-0.25, -0.2) is 22.6 Å². The van der Waals surface area contributed by atoms with E-state index in [2.05, 4.69) is 21.9 Å². The maximum atomic E-state index is 13.7. The third kappa shape index (κ3) is 5.92. The van der Waals surface area contributed by atoms with E-state index in [9.17, 15) is 27.9 Å². The fraction of sp³-hybridized carbons (Fsp3) is 0.320. The van der Waals surface area contributed by atoms with E-state index in [0.29, 0.717) is 24.3 Å². The zero-order valence-corrected chi connectivity index (χ0v) is 19.7. The number of hydrogen-bond donors (Lipinski definition) is 1. The monoisotopic (exact) mass is 501 g/mol. The summed E-state index contributed by atoms with van der Waals surface area (Å²) in [7, 11) is 2.05. The van der Waals surface area contributed by atoms with Crippen LogP contribution < -0.4 is 10.3 Å². The molecule has 0 aliphatic carbocycles. The molecule has 0 saturated carbocycles. The number of amides is 1. The van der Waals surface area contributed by atoms with E-state index in [1.807, 2.05) is 0 Å². The first-order chi connectivity index (χ1) is 17.2. The van der Waals surface area contributed by atoms with Gasteiger partial charge in [0, 0.05) is 75.8 Å². The number of carboxylic acid groups (broad SMARTS) is 1. The van der Waals surface area contributed by atoms with Crippen LogP contribution in [0.15, 0.2) is 53.5 Å². The van der Waals surface area contributed by atoms with Crippen LogP contribution in [0, 0.1) is 17.5 Å². The summed E-state index contributed by atoms with van der Waals surface area (Å²) in [6.45, 7) is 4.50. The summed E-state index contributed by atoms with van der Waals surface area (Å²) in [6.07, 6.45) is 0.214. The molecule has 4 rings (SSSR count). The van der Waals surface area contributed by atoms with Crippen LogP contribution >= 0.6 is 0 Å². The van der Waals surface area contributed by atoms with E-state index in [0.717, 1.165) is 43.0 Å². The molecule has 1 amide bonds. The zero-order valence-electron chi connectivity index (χ0n) is 19.7. The molecule has 0 bridgehead atoms. The first-order valence-electron chi connectivity index (χ1n) is 11.5. The van der Waals surface area contributed by atoms with Crippen molar-refractivity contribution >= 4 is 11.8 Å². The lowest BCUT2D eigenvalue weighted by atomic mass is 10.1. The Bertz CT molecular complexity index is 1290. The molecule has 1 fully saturated rings. The van der Waals surface area contributed by atoms with Crippen molar-refractivity contribution in [3.8, 4) is 5.69 Å². The third-order valence-electron chi connectivity index (χ3n) is 6.17. The maximum Gasteiger partial charge on any atom is 0.411 e. The molecule has 1 aromatic heterocycles. The molecule has 2 heterocycles. The Kier molecular flexibility index (Phi) is 7.70. The molecule has 0 unspecified atom stereocenters. The van der Waals surface area contributed by atoms with Crippen LogP contribution in [0.3, 0.4) is 0 Å². The van der Waals surface area contributed by atoms with Gasteiger partial charge >= 0.3 is 6.09 Å². The Hall–Kier alpha value is -3.70. The van der Waals surface area contributed by atoms with Gasteiger partial charge in [0.15, 0.2) is 17.5 Å². The van der Waals surface area contributed by atoms with Gasteiger partial charge in [0.2, 0.25) is 5.43 Å². The molecule has 190 valence electrons. The molecule has 1 N–H and O–H groups in total. The van der Waals surface area contributed by atoms with Gasteiger partial charge < -0.3 is 10.0 Å². The van der Waals surface area contributed by atoms with Crippen molar-refractivity contribution in [1.29, 1.82) is 0 Å². The molecule has 0 spiro atoms. The number of carbonyl (C=O) groups is 1. The van der Waals surface area contributed by atoms with E-state index in [4.69, 9.17) is 0 Å². The first kappa shape index (κ1) is 25.4. The Morgan fingerprint density at radius 1 is 1.06 bits per heavy atom. The number of rotatable bonds is 7. The molecule has 36 heavy (non-hydrogen) atoms. The van der Waals surface area contributed by atoms with E-state index >= 15 is 0 Å². The molecule has 0 atom stereocenters. The van der Waals surface area contributed by atoms with Crippen molar-refractivity contribution in [3.63, 3.8) is 0 Å². The van der Waals surface area contributed by atoms with Crippen LogP contribution in [0.2, 0.25) is 0 Å². The van der Waals surface area contributed by atoms with Gasteiger partial charge in [-0.05, 0) is 24.7 Å². The van der Waals surface area contributed by atoms with E-state index in [-0.39, 0.29) is 17.8 Å². The van der Waals surface area contributed by atoms with E-state index in [1.165, 1.54) is 17.2 Å². The van der Waals surface area contributed by atoms with Crippen molar-refractivity contribution in [3.05, 3.63) is 87.6 Å². The standard InChI is InChI=1S/C25H26F3N5O3/c1-30-7-9-31(10-8-30)11-12-32(25(35)36)18-4-2-3-17(13-18)14-22-23(34)5-6-33(29-22)19-15-20(26)24(28)21(27)16-19/h2-6,13,15-16H,7-12,14H2,1H3,(H,35,36). The van der Waals surface area contributed by atoms with Crippen molar-refractivity contribution in [2.24, 2.45) is 0 Å². The van der Waals surface area contributed by atoms with Crippen molar-refractivity contribution in [2.75, 3.05) is 51.2 Å². The minimum Gasteiger partial charge on any atom is -0.465 e. The largest absolute Gasteiger partial charge is 0.465 e. The van der Waals surface area contributed by atoms with Crippen LogP contribution in [0.25, 0.3) is 5.69 Å². The average molecular weight is 502 g/mol. The van der Waals surface area contributed by atoms with Crippen molar-refractivity contribution in [2.45, 2.75) is 6.42 Å². The van der Waals surface area contributed by atoms with Gasteiger partial charge in [-0.15, -0.1) is 0 Å². The summed E-state index contributed by atoms with van der Waals surface area (Å²) < 4.78 is 41.7. The van der Waals surface area contributed by atoms with Gasteiger partial charge in [-0.3, -0.25) is 14.6 Å². The highest BCUT2D eigenvalue weighted by Crippen LogP contribution is 2.19. The highest BCUT2D eigenvalue weighted by Gasteiger charge is 2.19. The van der Waals surface area contributed by atoms with Gasteiger partial charge in [-0.2, -0.15) is 5.10 Å². The van der Waals surface area contributed by atoms with Crippen LogP contribution in [0.4, 0.5) is 23.7 Å². The second-order valence-corrected chi connectivity index (χ2v) is 8.72. The zero-order chi connectivity index (χ0) is 25.8. The topological polar surface area (TPSA) is 81.9 Å². The number of hydrogen-bond acceptors (Lipinski definition) is 5. The lowest BCUT2D eigenvalue weighted by molar-refractivity contribution is 0.155. The van der Waals surface area contributed by atoms with Gasteiger partial charge in [0.05, 0.1) is 5.69 Å². The van der Waals surface area contributed by atoms with Crippen molar-refractivity contribution < 1.29 is 23.1 Å². The van der Waals surface area contributed by atoms with Crippen LogP contribution in [-0.2, 0) is 6.42 Å². The third-order valence-corrected chi connectivity index (χ3v) is 6.17. The Labute approximate surface area is 205 Å². The van der Waals surface area contributed by atoms with Crippen molar-refractivity contribution in [1.82, 2.24) is 19.6 Å². The van der Waals surface area contributed by atoms with Crippen LogP contribution in [-0.4, -0.2) is 77.1 Å². The second kappa shape index (κ2) is 10.9. The lowest BCUT2D eigenvalue weighted by Crippen LogP contribution is -2.47. The Morgan fingerprint density at radius 3 is 2.42 bits per heavy atom.